The fraction of sp³-hybridized carbons (Fsp3) is 0.412. The average molecular weight is 1110 g/mol. The van der Waals surface area contributed by atoms with E-state index in [9.17, 15) is 24.3 Å². The summed E-state index contributed by atoms with van der Waals surface area (Å²) >= 11 is 0. The zero-order valence-electron chi connectivity index (χ0n) is 50.0. The Labute approximate surface area is 483 Å². The van der Waals surface area contributed by atoms with Crippen molar-refractivity contribution in [1.29, 1.82) is 0 Å². The zero-order valence-corrected chi connectivity index (χ0v) is 50.0. The van der Waals surface area contributed by atoms with Gasteiger partial charge in [0.25, 0.3) is 11.8 Å². The molecule has 6 aromatic carbocycles. The number of carbonyl (C=O) groups is 4. The SMILES string of the molecule is C.CCn1nnc2c(C)c([C@H](c3ccc4c(c3)CN(C(=O)c3c(C)c(C)cc(C)c3C)CC4)[C@H](C)C(=O)O)ccc21.CCn1nnc2c(C)c([C@H](c3ccc4c(c3)CN(C(=O)c3c(C)c(C)cc(C)c3C)CC4)[C@H](C)C(=O)OC)ccc21. The molecular formula is C68H82N8O6. The van der Waals surface area contributed by atoms with Crippen molar-refractivity contribution in [1.82, 2.24) is 39.8 Å². The van der Waals surface area contributed by atoms with Crippen molar-refractivity contribution in [3.8, 4) is 0 Å². The van der Waals surface area contributed by atoms with Crippen LogP contribution in [0.4, 0.5) is 0 Å². The molecule has 8 aromatic rings. The number of nitrogens with zero attached hydrogens (tertiary/aromatic N) is 8. The van der Waals surface area contributed by atoms with Gasteiger partial charge in [-0.1, -0.05) is 92.4 Å². The van der Waals surface area contributed by atoms with Crippen LogP contribution in [0, 0.1) is 81.1 Å². The van der Waals surface area contributed by atoms with E-state index < -0.39 is 17.8 Å². The number of carbonyl (C=O) groups excluding carboxylic acids is 3. The second-order valence-corrected chi connectivity index (χ2v) is 22.8. The third-order valence-corrected chi connectivity index (χ3v) is 18.1. The number of hydrogen-bond acceptors (Lipinski definition) is 9. The van der Waals surface area contributed by atoms with Crippen LogP contribution < -0.4 is 0 Å². The van der Waals surface area contributed by atoms with Gasteiger partial charge in [-0.15, -0.1) is 10.2 Å². The number of benzene rings is 6. The van der Waals surface area contributed by atoms with Crippen molar-refractivity contribution in [2.24, 2.45) is 11.8 Å². The summed E-state index contributed by atoms with van der Waals surface area (Å²) in [6, 6.07) is 25.2. The van der Waals surface area contributed by atoms with Gasteiger partial charge in [0, 0.05) is 62.2 Å². The van der Waals surface area contributed by atoms with Gasteiger partial charge in [-0.3, -0.25) is 19.2 Å². The number of fused-ring (bicyclic) bond motifs is 4. The zero-order chi connectivity index (χ0) is 58.5. The molecule has 0 saturated carbocycles. The minimum Gasteiger partial charge on any atom is -0.481 e. The summed E-state index contributed by atoms with van der Waals surface area (Å²) in [5.41, 5.74) is 24.5. The molecule has 10 rings (SSSR count). The van der Waals surface area contributed by atoms with Gasteiger partial charge in [-0.25, -0.2) is 9.36 Å². The van der Waals surface area contributed by atoms with Gasteiger partial charge in [-0.05, 0) is 208 Å². The first kappa shape index (κ1) is 60.1. The molecule has 2 amide bonds. The van der Waals surface area contributed by atoms with Gasteiger partial charge >= 0.3 is 11.9 Å². The van der Waals surface area contributed by atoms with E-state index in [-0.39, 0.29) is 37.0 Å². The number of ether oxygens (including phenoxy) is 1. The summed E-state index contributed by atoms with van der Waals surface area (Å²) in [6.07, 6.45) is 1.57. The van der Waals surface area contributed by atoms with Crippen LogP contribution in [-0.2, 0) is 53.3 Å². The Morgan fingerprint density at radius 1 is 0.524 bits per heavy atom. The Balaban J connectivity index is 0.000000212. The van der Waals surface area contributed by atoms with Crippen LogP contribution in [0.25, 0.3) is 22.1 Å². The number of methoxy groups -OCH3 is 1. The van der Waals surface area contributed by atoms with Gasteiger partial charge in [-0.2, -0.15) is 0 Å². The Morgan fingerprint density at radius 3 is 1.26 bits per heavy atom. The maximum atomic E-state index is 13.9. The summed E-state index contributed by atoms with van der Waals surface area (Å²) in [7, 11) is 1.44. The van der Waals surface area contributed by atoms with Crippen LogP contribution in [-0.4, -0.2) is 88.8 Å². The summed E-state index contributed by atoms with van der Waals surface area (Å²) in [6.45, 7) is 32.0. The predicted octanol–water partition coefficient (Wildman–Crippen LogP) is 12.8. The fourth-order valence-corrected chi connectivity index (χ4v) is 12.7. The first-order chi connectivity index (χ1) is 38.6. The molecule has 0 bridgehead atoms. The molecule has 4 heterocycles. The molecule has 0 saturated heterocycles. The Bertz CT molecular complexity index is 3760. The van der Waals surface area contributed by atoms with Crippen LogP contribution in [0.5, 0.6) is 0 Å². The molecule has 0 unspecified atom stereocenters. The van der Waals surface area contributed by atoms with Gasteiger partial charge in [0.2, 0.25) is 0 Å². The molecule has 14 nitrogen and oxygen atoms in total. The van der Waals surface area contributed by atoms with Crippen molar-refractivity contribution < 1.29 is 29.0 Å². The molecule has 0 fully saturated rings. The lowest BCUT2D eigenvalue weighted by Crippen LogP contribution is -2.37. The normalized spacial score (nSPS) is 14.5. The molecule has 430 valence electrons. The molecular weight excluding hydrogens is 1020 g/mol. The minimum atomic E-state index is -0.850. The van der Waals surface area contributed by atoms with E-state index in [0.717, 1.165) is 142 Å². The standard InChI is InChI=1S/C34H40N4O3.C33H38N4O3.CH4/c1-9-38-29-13-12-28(23(6)32(29)35-36-38)31(24(7)34(40)41-8)26-11-10-25-14-15-37(18-27(25)17-26)33(39)30-21(4)19(2)16-20(3)22(30)5;1-8-37-28-12-11-27(22(6)31(28)34-35-37)30(23(7)33(39)40)25-10-9-24-13-14-36(17-26(24)16-25)32(38)29-20(4)18(2)15-19(3)21(29)5;/h10-13,16-17,24,31H,9,14-15,18H2,1-8H3;9-12,15-16,23,30H,8,13-14,17H2,1-7H3,(H,39,40);1H4/t24-,31-;23-,30-;/m00./s1. The molecule has 4 atom stereocenters. The first-order valence-corrected chi connectivity index (χ1v) is 28.5. The number of aryl methyl sites for hydroxylation is 8. The highest BCUT2D eigenvalue weighted by Gasteiger charge is 2.34. The summed E-state index contributed by atoms with van der Waals surface area (Å²) < 4.78 is 8.95. The van der Waals surface area contributed by atoms with Crippen molar-refractivity contribution in [3.05, 3.63) is 184 Å². The Kier molecular flexibility index (Phi) is 17.8. The lowest BCUT2D eigenvalue weighted by Gasteiger charge is -2.32. The fourth-order valence-electron chi connectivity index (χ4n) is 12.7. The number of aromatic nitrogens is 6. The average Bonchev–Trinajstić information content (AvgIpc) is 3.44. The number of esters is 1. The van der Waals surface area contributed by atoms with E-state index in [1.165, 1.54) is 18.2 Å². The molecule has 1 N–H and O–H groups in total. The third-order valence-electron chi connectivity index (χ3n) is 18.1. The van der Waals surface area contributed by atoms with Gasteiger partial charge in [0.05, 0.1) is 30.0 Å². The van der Waals surface area contributed by atoms with Crippen molar-refractivity contribution in [3.63, 3.8) is 0 Å². The molecule has 2 aliphatic heterocycles. The highest BCUT2D eigenvalue weighted by atomic mass is 16.5. The third kappa shape index (κ3) is 11.0. The Morgan fingerprint density at radius 2 is 0.902 bits per heavy atom. The quantitative estimate of drug-likeness (QED) is 0.116. The molecule has 14 heteroatoms. The van der Waals surface area contributed by atoms with Crippen LogP contribution in [0.3, 0.4) is 0 Å². The monoisotopic (exact) mass is 1110 g/mol. The number of amides is 2. The van der Waals surface area contributed by atoms with E-state index in [0.29, 0.717) is 32.7 Å². The number of aliphatic carboxylic acids is 1. The predicted molar refractivity (Wildman–Crippen MR) is 325 cm³/mol. The number of rotatable bonds is 12. The Hall–Kier alpha value is -8.00. The van der Waals surface area contributed by atoms with Gasteiger partial charge in [0.1, 0.15) is 11.0 Å². The summed E-state index contributed by atoms with van der Waals surface area (Å²) in [5.74, 6) is -2.64. The second-order valence-electron chi connectivity index (χ2n) is 22.8. The van der Waals surface area contributed by atoms with Crippen molar-refractivity contribution in [2.45, 2.75) is 155 Å². The van der Waals surface area contributed by atoms with E-state index >= 15 is 0 Å². The van der Waals surface area contributed by atoms with Crippen molar-refractivity contribution in [2.75, 3.05) is 20.2 Å². The van der Waals surface area contributed by atoms with E-state index in [1.807, 2.05) is 92.8 Å². The number of hydrogen-bond donors (Lipinski definition) is 1. The van der Waals surface area contributed by atoms with Crippen LogP contribution in [0.15, 0.2) is 72.8 Å². The van der Waals surface area contributed by atoms with Crippen LogP contribution >= 0.6 is 0 Å². The highest BCUT2D eigenvalue weighted by Crippen LogP contribution is 2.41. The topological polar surface area (TPSA) is 166 Å². The molecule has 82 heavy (non-hydrogen) atoms. The van der Waals surface area contributed by atoms with Crippen LogP contribution in [0.1, 0.15) is 168 Å². The summed E-state index contributed by atoms with van der Waals surface area (Å²) in [4.78, 5) is 56.9. The molecule has 2 aliphatic rings. The molecule has 0 radical (unpaired) electrons. The first-order valence-electron chi connectivity index (χ1n) is 28.5. The second kappa shape index (κ2) is 24.2. The van der Waals surface area contributed by atoms with Gasteiger partial charge in [0.15, 0.2) is 0 Å². The summed E-state index contributed by atoms with van der Waals surface area (Å²) in [5, 5.41) is 27.6. The van der Waals surface area contributed by atoms with Crippen LogP contribution in [0.2, 0.25) is 0 Å². The molecule has 0 spiro atoms. The maximum Gasteiger partial charge on any atom is 0.309 e. The van der Waals surface area contributed by atoms with Crippen molar-refractivity contribution >= 4 is 45.8 Å². The molecule has 0 aliphatic carbocycles. The largest absolute Gasteiger partial charge is 0.481 e. The molecule has 2 aromatic heterocycles. The van der Waals surface area contributed by atoms with E-state index in [2.05, 4.69) is 110 Å². The van der Waals surface area contributed by atoms with E-state index in [4.69, 9.17) is 4.74 Å². The van der Waals surface area contributed by atoms with Gasteiger partial charge < -0.3 is 19.6 Å². The lowest BCUT2D eigenvalue weighted by atomic mass is 9.78. The highest BCUT2D eigenvalue weighted by molar-refractivity contribution is 5.99. The minimum absolute atomic E-state index is 0. The van der Waals surface area contributed by atoms with E-state index in [1.54, 1.807) is 6.92 Å². The smallest absolute Gasteiger partial charge is 0.309 e. The maximum absolute atomic E-state index is 13.9. The number of carboxylic acid groups (broad SMARTS) is 1. The number of carboxylic acids is 1. The lowest BCUT2D eigenvalue weighted by molar-refractivity contribution is -0.145.